The lowest BCUT2D eigenvalue weighted by molar-refractivity contribution is -0.142. The molecule has 0 aromatic rings. The second-order valence-corrected chi connectivity index (χ2v) is 8.54. The van der Waals surface area contributed by atoms with Crippen molar-refractivity contribution >= 4 is 29.5 Å². The summed E-state index contributed by atoms with van der Waals surface area (Å²) in [6.45, 7) is 4.57. The van der Waals surface area contributed by atoms with E-state index in [0.29, 0.717) is 24.6 Å². The fraction of sp³-hybridized carbons (Fsp3) is 0.842. The SMILES string of the molecule is CCC(C)[C@H](N)C(=O)NCC1CCC(C(=O)N[C@H](CCSC)C(=O)O)CC1. The highest BCUT2D eigenvalue weighted by atomic mass is 32.2. The molecule has 0 heterocycles. The van der Waals surface area contributed by atoms with Crippen molar-refractivity contribution in [2.45, 2.75) is 64.5 Å². The molecule has 5 N–H and O–H groups in total. The van der Waals surface area contributed by atoms with Crippen molar-refractivity contribution in [3.8, 4) is 0 Å². The summed E-state index contributed by atoms with van der Waals surface area (Å²) in [5, 5.41) is 14.9. The Morgan fingerprint density at radius 2 is 1.85 bits per heavy atom. The summed E-state index contributed by atoms with van der Waals surface area (Å²) in [5.41, 5.74) is 5.94. The van der Waals surface area contributed by atoms with Crippen LogP contribution in [0.5, 0.6) is 0 Å². The molecule has 0 bridgehead atoms. The molecular weight excluding hydrogens is 366 g/mol. The molecule has 0 aliphatic heterocycles. The highest BCUT2D eigenvalue weighted by Gasteiger charge is 2.29. The molecule has 0 saturated heterocycles. The number of hydrogen-bond acceptors (Lipinski definition) is 5. The predicted octanol–water partition coefficient (Wildman–Crippen LogP) is 1.60. The van der Waals surface area contributed by atoms with E-state index in [0.717, 1.165) is 32.1 Å². The second kappa shape index (κ2) is 12.2. The van der Waals surface area contributed by atoms with Crippen LogP contribution in [0, 0.1) is 17.8 Å². The van der Waals surface area contributed by atoms with Crippen LogP contribution in [0.15, 0.2) is 0 Å². The summed E-state index contributed by atoms with van der Waals surface area (Å²) >= 11 is 1.57. The van der Waals surface area contributed by atoms with Crippen LogP contribution in [0.4, 0.5) is 0 Å². The Bertz CT molecular complexity index is 495. The van der Waals surface area contributed by atoms with Gasteiger partial charge >= 0.3 is 5.97 Å². The molecule has 0 aromatic heterocycles. The van der Waals surface area contributed by atoms with Gasteiger partial charge in [-0.25, -0.2) is 4.79 Å². The number of carbonyl (C=O) groups excluding carboxylic acids is 2. The fourth-order valence-corrected chi connectivity index (χ4v) is 3.76. The van der Waals surface area contributed by atoms with Gasteiger partial charge in [0.05, 0.1) is 6.04 Å². The molecule has 1 fully saturated rings. The first-order chi connectivity index (χ1) is 12.8. The average molecular weight is 402 g/mol. The maximum absolute atomic E-state index is 12.4. The van der Waals surface area contributed by atoms with Crippen LogP contribution in [0.2, 0.25) is 0 Å². The van der Waals surface area contributed by atoms with Crippen molar-refractivity contribution in [3.05, 3.63) is 0 Å². The number of carboxylic acid groups (broad SMARTS) is 1. The maximum atomic E-state index is 12.4. The third-order valence-corrected chi connectivity index (χ3v) is 6.21. The Balaban J connectivity index is 2.37. The lowest BCUT2D eigenvalue weighted by atomic mass is 9.81. The first-order valence-corrected chi connectivity index (χ1v) is 11.2. The number of carboxylic acids is 1. The molecule has 27 heavy (non-hydrogen) atoms. The van der Waals surface area contributed by atoms with Crippen molar-refractivity contribution in [1.29, 1.82) is 0 Å². The van der Waals surface area contributed by atoms with E-state index < -0.39 is 18.1 Å². The Kier molecular flexibility index (Phi) is 10.8. The van der Waals surface area contributed by atoms with Gasteiger partial charge in [-0.2, -0.15) is 11.8 Å². The minimum Gasteiger partial charge on any atom is -0.480 e. The molecule has 1 aliphatic rings. The number of nitrogens with one attached hydrogen (secondary N) is 2. The summed E-state index contributed by atoms with van der Waals surface area (Å²) in [4.78, 5) is 35.7. The largest absolute Gasteiger partial charge is 0.480 e. The Labute approximate surface area is 166 Å². The normalized spacial score (nSPS) is 23.1. The minimum atomic E-state index is -0.980. The average Bonchev–Trinajstić information content (AvgIpc) is 2.67. The fourth-order valence-electron chi connectivity index (χ4n) is 3.29. The molecule has 2 amide bonds. The van der Waals surface area contributed by atoms with Gasteiger partial charge in [-0.05, 0) is 55.9 Å². The zero-order chi connectivity index (χ0) is 20.4. The monoisotopic (exact) mass is 401 g/mol. The lowest BCUT2D eigenvalue weighted by Crippen LogP contribution is -2.47. The van der Waals surface area contributed by atoms with Crippen LogP contribution in [0.1, 0.15) is 52.4 Å². The highest BCUT2D eigenvalue weighted by Crippen LogP contribution is 2.28. The van der Waals surface area contributed by atoms with E-state index in [1.54, 1.807) is 11.8 Å². The molecule has 0 aromatic carbocycles. The predicted molar refractivity (Wildman–Crippen MR) is 108 cm³/mol. The Morgan fingerprint density at radius 3 is 2.37 bits per heavy atom. The zero-order valence-corrected chi connectivity index (χ0v) is 17.5. The van der Waals surface area contributed by atoms with Crippen molar-refractivity contribution in [2.75, 3.05) is 18.6 Å². The van der Waals surface area contributed by atoms with Gasteiger partial charge in [0.1, 0.15) is 6.04 Å². The van der Waals surface area contributed by atoms with Crippen LogP contribution in [-0.4, -0.2) is 53.5 Å². The number of rotatable bonds is 11. The van der Waals surface area contributed by atoms with Crippen LogP contribution in [0.3, 0.4) is 0 Å². The molecule has 7 nitrogen and oxygen atoms in total. The number of nitrogens with two attached hydrogens (primary N) is 1. The van der Waals surface area contributed by atoms with Crippen molar-refractivity contribution in [3.63, 3.8) is 0 Å². The molecular formula is C19H35N3O4S. The molecule has 156 valence electrons. The molecule has 1 rings (SSSR count). The van der Waals surface area contributed by atoms with E-state index in [1.807, 2.05) is 20.1 Å². The minimum absolute atomic E-state index is 0.109. The van der Waals surface area contributed by atoms with Crippen LogP contribution >= 0.6 is 11.8 Å². The Hall–Kier alpha value is -1.28. The van der Waals surface area contributed by atoms with Gasteiger partial charge in [-0.3, -0.25) is 9.59 Å². The smallest absolute Gasteiger partial charge is 0.326 e. The molecule has 0 radical (unpaired) electrons. The maximum Gasteiger partial charge on any atom is 0.326 e. The topological polar surface area (TPSA) is 122 Å². The molecule has 0 spiro atoms. The van der Waals surface area contributed by atoms with Crippen LogP contribution < -0.4 is 16.4 Å². The number of thioether (sulfide) groups is 1. The quantitative estimate of drug-likeness (QED) is 0.417. The van der Waals surface area contributed by atoms with E-state index >= 15 is 0 Å². The molecule has 3 atom stereocenters. The third-order valence-electron chi connectivity index (χ3n) is 5.57. The molecule has 1 aliphatic carbocycles. The van der Waals surface area contributed by atoms with Gasteiger partial charge in [-0.15, -0.1) is 0 Å². The van der Waals surface area contributed by atoms with E-state index in [1.165, 1.54) is 0 Å². The summed E-state index contributed by atoms with van der Waals surface area (Å²) in [6, 6.07) is -1.30. The third kappa shape index (κ3) is 8.09. The molecule has 1 saturated carbocycles. The standard InChI is InChI=1S/C19H35N3O4S/c1-4-12(2)16(20)18(24)21-11-13-5-7-14(8-6-13)17(23)22-15(19(25)26)9-10-27-3/h12-16H,4-11,20H2,1-3H3,(H,21,24)(H,22,23)(H,25,26)/t12?,13?,14?,15-,16+/m1/s1. The summed E-state index contributed by atoms with van der Waals surface area (Å²) in [7, 11) is 0. The number of amides is 2. The molecule has 8 heteroatoms. The van der Waals surface area contributed by atoms with Crippen molar-refractivity contribution < 1.29 is 19.5 Å². The zero-order valence-electron chi connectivity index (χ0n) is 16.7. The second-order valence-electron chi connectivity index (χ2n) is 7.56. The van der Waals surface area contributed by atoms with Crippen LogP contribution in [-0.2, 0) is 14.4 Å². The number of hydrogen-bond donors (Lipinski definition) is 4. The summed E-state index contributed by atoms with van der Waals surface area (Å²) in [5.74, 6) is -0.205. The Morgan fingerprint density at radius 1 is 1.22 bits per heavy atom. The van der Waals surface area contributed by atoms with Gasteiger partial charge in [0.15, 0.2) is 0 Å². The molecule has 1 unspecified atom stereocenters. The first-order valence-electron chi connectivity index (χ1n) is 9.85. The van der Waals surface area contributed by atoms with E-state index in [4.69, 9.17) is 5.73 Å². The van der Waals surface area contributed by atoms with Gasteiger partial charge in [0.25, 0.3) is 0 Å². The van der Waals surface area contributed by atoms with Crippen molar-refractivity contribution in [1.82, 2.24) is 10.6 Å². The van der Waals surface area contributed by atoms with Gasteiger partial charge in [-0.1, -0.05) is 20.3 Å². The first kappa shape index (κ1) is 23.8. The van der Waals surface area contributed by atoms with E-state index in [2.05, 4.69) is 10.6 Å². The number of aliphatic carboxylic acids is 1. The van der Waals surface area contributed by atoms with Crippen molar-refractivity contribution in [2.24, 2.45) is 23.5 Å². The lowest BCUT2D eigenvalue weighted by Gasteiger charge is -2.29. The summed E-state index contributed by atoms with van der Waals surface area (Å²) < 4.78 is 0. The van der Waals surface area contributed by atoms with Crippen LogP contribution in [0.25, 0.3) is 0 Å². The van der Waals surface area contributed by atoms with Gasteiger partial charge < -0.3 is 21.5 Å². The van der Waals surface area contributed by atoms with Gasteiger partial charge in [0, 0.05) is 12.5 Å². The number of carbonyl (C=O) groups is 3. The highest BCUT2D eigenvalue weighted by molar-refractivity contribution is 7.98. The summed E-state index contributed by atoms with van der Waals surface area (Å²) in [6.07, 6.45) is 6.34. The van der Waals surface area contributed by atoms with E-state index in [-0.39, 0.29) is 23.7 Å². The van der Waals surface area contributed by atoms with Gasteiger partial charge in [0.2, 0.25) is 11.8 Å². The van der Waals surface area contributed by atoms with E-state index in [9.17, 15) is 19.5 Å².